The van der Waals surface area contributed by atoms with Crippen molar-refractivity contribution in [1.82, 2.24) is 9.66 Å². The van der Waals surface area contributed by atoms with Gasteiger partial charge in [-0.3, -0.25) is 4.68 Å². The largest absolute Gasteiger partial charge is 0.382 e. The monoisotopic (exact) mass is 769 g/mol. The number of nitriles is 2. The first-order valence-corrected chi connectivity index (χ1v) is 21.1. The van der Waals surface area contributed by atoms with E-state index in [1.54, 1.807) is 18.3 Å². The average Bonchev–Trinajstić information content (AvgIpc) is 3.63. The van der Waals surface area contributed by atoms with Crippen LogP contribution in [-0.2, 0) is 36.3 Å². The Morgan fingerprint density at radius 2 is 1.59 bits per heavy atom. The molecule has 4 N–H and O–H groups in total. The van der Waals surface area contributed by atoms with Crippen LogP contribution >= 0.6 is 8.60 Å². The van der Waals surface area contributed by atoms with Crippen LogP contribution < -0.4 is 11.2 Å². The molecule has 54 heavy (non-hydrogen) atoms. The number of aliphatic imine (C=N–C) groups is 1. The summed E-state index contributed by atoms with van der Waals surface area (Å²) in [6.07, 6.45) is 23.0. The third-order valence-corrected chi connectivity index (χ3v) is 10.5. The molecule has 0 spiro atoms. The molecular weight excluding hydrogens is 705 g/mol. The van der Waals surface area contributed by atoms with E-state index in [1.807, 2.05) is 22.9 Å². The van der Waals surface area contributed by atoms with E-state index >= 15 is 0 Å². The van der Waals surface area contributed by atoms with E-state index in [1.165, 1.54) is 97.0 Å². The standard InChI is InChI=1S/C40H64N7O6P/c1-3-4-5-6-7-8-9-10-11-12-13-14-15-16-17-18-25-50-29-37(51-28-34-19-20-35(26-41)44-27-34)30-52-54(48)53-32-40(31-42,49-2)24-23-36-21-22-38-39(43)45-33-46-47(36)38/h19-22,27,37,46,48H,3-18,23-25,28-30,32-33H2,1-2H3,(H2,43,45). The second kappa shape index (κ2) is 27.5. The number of nitrogens with zero attached hydrogens (tertiary/aromatic N) is 5. The van der Waals surface area contributed by atoms with Gasteiger partial charge in [-0.05, 0) is 43.0 Å². The first-order chi connectivity index (χ1) is 26.4. The highest BCUT2D eigenvalue weighted by molar-refractivity contribution is 7.40. The second-order valence-corrected chi connectivity index (χ2v) is 15.0. The van der Waals surface area contributed by atoms with Crippen molar-refractivity contribution >= 4 is 14.4 Å². The molecule has 3 atom stereocenters. The molecule has 2 aromatic heterocycles. The van der Waals surface area contributed by atoms with Crippen LogP contribution in [0.1, 0.15) is 139 Å². The summed E-state index contributed by atoms with van der Waals surface area (Å²) in [4.78, 5) is 18.9. The normalized spacial score (nSPS) is 14.6. The van der Waals surface area contributed by atoms with E-state index in [9.17, 15) is 10.2 Å². The van der Waals surface area contributed by atoms with E-state index in [-0.39, 0.29) is 26.4 Å². The van der Waals surface area contributed by atoms with Gasteiger partial charge in [0.15, 0.2) is 5.60 Å². The van der Waals surface area contributed by atoms with Gasteiger partial charge in [0, 0.05) is 25.6 Å². The van der Waals surface area contributed by atoms with Crippen molar-refractivity contribution in [2.24, 2.45) is 10.7 Å². The van der Waals surface area contributed by atoms with Gasteiger partial charge in [0.05, 0.1) is 26.4 Å². The van der Waals surface area contributed by atoms with Gasteiger partial charge in [-0.1, -0.05) is 109 Å². The fraction of sp³-hybridized carbons (Fsp3) is 0.700. The summed E-state index contributed by atoms with van der Waals surface area (Å²) < 4.78 is 30.8. The highest BCUT2D eigenvalue weighted by Gasteiger charge is 2.33. The number of aryl methyl sites for hydroxylation is 1. The van der Waals surface area contributed by atoms with Crippen LogP contribution in [0.2, 0.25) is 0 Å². The predicted octanol–water partition coefficient (Wildman–Crippen LogP) is 7.93. The molecule has 0 aromatic carbocycles. The summed E-state index contributed by atoms with van der Waals surface area (Å²) in [7, 11) is -0.889. The molecule has 3 unspecified atom stereocenters. The SMILES string of the molecule is CCCCCCCCCCCCCCCCCCOCC(COP(O)OCC(C#N)(CCc1ccc2n1NCN=C2N)OC)OCc1ccc(C#N)nc1. The minimum absolute atomic E-state index is 0.0162. The first kappa shape index (κ1) is 45.3. The maximum Gasteiger partial charge on any atom is 0.330 e. The van der Waals surface area contributed by atoms with Gasteiger partial charge in [-0.15, -0.1) is 0 Å². The quantitative estimate of drug-likeness (QED) is 0.0485. The molecule has 1 aliphatic heterocycles. The van der Waals surface area contributed by atoms with Crippen LogP contribution in [0.3, 0.4) is 0 Å². The van der Waals surface area contributed by atoms with Gasteiger partial charge >= 0.3 is 8.60 Å². The summed E-state index contributed by atoms with van der Waals surface area (Å²) in [6, 6.07) is 11.4. The minimum Gasteiger partial charge on any atom is -0.382 e. The molecule has 2 aromatic rings. The van der Waals surface area contributed by atoms with Crippen LogP contribution in [-0.4, -0.2) is 72.3 Å². The van der Waals surface area contributed by atoms with Crippen LogP contribution in [0.15, 0.2) is 35.5 Å². The Hall–Kier alpha value is -3.13. The number of unbranched alkanes of at least 4 members (excludes halogenated alkanes) is 15. The van der Waals surface area contributed by atoms with Crippen molar-refractivity contribution in [2.75, 3.05) is 45.6 Å². The van der Waals surface area contributed by atoms with Gasteiger partial charge in [-0.25, -0.2) is 9.98 Å². The lowest BCUT2D eigenvalue weighted by Gasteiger charge is -2.26. The Balaban J connectivity index is 1.33. The number of rotatable bonds is 32. The molecule has 300 valence electrons. The van der Waals surface area contributed by atoms with Crippen molar-refractivity contribution in [2.45, 2.75) is 141 Å². The highest BCUT2D eigenvalue weighted by Crippen LogP contribution is 2.35. The maximum absolute atomic E-state index is 10.6. The van der Waals surface area contributed by atoms with E-state index in [0.717, 1.165) is 29.8 Å². The number of nitrogens with one attached hydrogen (secondary N) is 1. The molecular formula is C40H64N7O6P. The molecule has 3 heterocycles. The van der Waals surface area contributed by atoms with Crippen molar-refractivity contribution in [3.8, 4) is 12.1 Å². The molecule has 1 aliphatic rings. The van der Waals surface area contributed by atoms with Crippen LogP contribution in [0.25, 0.3) is 0 Å². The Labute approximate surface area is 324 Å². The van der Waals surface area contributed by atoms with E-state index in [4.69, 9.17) is 34.3 Å². The number of fused-ring (bicyclic) bond motifs is 1. The fourth-order valence-corrected chi connectivity index (χ4v) is 6.96. The summed E-state index contributed by atoms with van der Waals surface area (Å²) in [5.74, 6) is 0.450. The zero-order chi connectivity index (χ0) is 38.7. The third kappa shape index (κ3) is 17.6. The lowest BCUT2D eigenvalue weighted by molar-refractivity contribution is -0.0511. The van der Waals surface area contributed by atoms with Crippen molar-refractivity contribution in [3.63, 3.8) is 0 Å². The number of nitrogens with two attached hydrogens (primary N) is 1. The average molecular weight is 770 g/mol. The number of hydrogen-bond acceptors (Lipinski definition) is 12. The topological polar surface area (TPSA) is 182 Å². The highest BCUT2D eigenvalue weighted by atomic mass is 31.2. The molecule has 0 amide bonds. The molecule has 13 nitrogen and oxygen atoms in total. The minimum atomic E-state index is -2.34. The molecule has 14 heteroatoms. The number of amidine groups is 1. The Kier molecular flexibility index (Phi) is 23.0. The van der Waals surface area contributed by atoms with Gasteiger partial charge in [0.25, 0.3) is 0 Å². The number of aromatic nitrogens is 2. The van der Waals surface area contributed by atoms with Crippen LogP contribution in [0, 0.1) is 22.7 Å². The summed E-state index contributed by atoms with van der Waals surface area (Å²) >= 11 is 0. The molecule has 0 saturated heterocycles. The summed E-state index contributed by atoms with van der Waals surface area (Å²) in [5.41, 5.74) is 10.7. The lowest BCUT2D eigenvalue weighted by Crippen LogP contribution is -2.36. The molecule has 0 bridgehead atoms. The van der Waals surface area contributed by atoms with Crippen molar-refractivity contribution in [1.29, 1.82) is 10.5 Å². The second-order valence-electron chi connectivity index (χ2n) is 14.0. The number of pyridine rings is 1. The van der Waals surface area contributed by atoms with Gasteiger partial charge in [0.2, 0.25) is 0 Å². The molecule has 0 fully saturated rings. The summed E-state index contributed by atoms with van der Waals surface area (Å²) in [6.45, 7) is 3.58. The van der Waals surface area contributed by atoms with Crippen LogP contribution in [0.5, 0.6) is 0 Å². The maximum atomic E-state index is 10.6. The van der Waals surface area contributed by atoms with Crippen molar-refractivity contribution in [3.05, 3.63) is 53.1 Å². The van der Waals surface area contributed by atoms with E-state index in [2.05, 4.69) is 28.4 Å². The fourth-order valence-electron chi connectivity index (χ4n) is 6.27. The van der Waals surface area contributed by atoms with Gasteiger partial charge in [0.1, 0.15) is 42.1 Å². The summed E-state index contributed by atoms with van der Waals surface area (Å²) in [5, 5.41) is 19.1. The first-order valence-electron chi connectivity index (χ1n) is 19.9. The molecule has 3 rings (SSSR count). The predicted molar refractivity (Wildman–Crippen MR) is 212 cm³/mol. The van der Waals surface area contributed by atoms with E-state index < -0.39 is 20.3 Å². The zero-order valence-corrected chi connectivity index (χ0v) is 33.6. The Morgan fingerprint density at radius 1 is 0.926 bits per heavy atom. The van der Waals surface area contributed by atoms with Gasteiger partial charge in [-0.2, -0.15) is 10.5 Å². The number of methoxy groups -OCH3 is 1. The Morgan fingerprint density at radius 3 is 2.19 bits per heavy atom. The van der Waals surface area contributed by atoms with Crippen LogP contribution in [0.4, 0.5) is 0 Å². The lowest BCUT2D eigenvalue weighted by atomic mass is 9.99. The van der Waals surface area contributed by atoms with E-state index in [0.29, 0.717) is 37.6 Å². The Bertz CT molecular complexity index is 1410. The smallest absolute Gasteiger partial charge is 0.330 e. The number of ether oxygens (including phenoxy) is 3. The molecule has 0 saturated carbocycles. The molecule has 0 radical (unpaired) electrons. The third-order valence-electron chi connectivity index (χ3n) is 9.73. The number of hydrogen-bond donors (Lipinski definition) is 3. The molecule has 0 aliphatic carbocycles. The van der Waals surface area contributed by atoms with Gasteiger partial charge < -0.3 is 39.3 Å². The van der Waals surface area contributed by atoms with Crippen molar-refractivity contribution < 1.29 is 28.2 Å². The zero-order valence-electron chi connectivity index (χ0n) is 32.7.